The number of hydrogen-bond donors (Lipinski definition) is 1. The zero-order valence-electron chi connectivity index (χ0n) is 5.96. The number of carbonyl (C=O) groups is 3. The van der Waals surface area contributed by atoms with Crippen molar-refractivity contribution in [1.29, 1.82) is 0 Å². The second-order valence-corrected chi connectivity index (χ2v) is 2.31. The molecule has 0 aliphatic carbocycles. The van der Waals surface area contributed by atoms with Crippen LogP contribution < -0.4 is 0 Å². The van der Waals surface area contributed by atoms with E-state index >= 15 is 0 Å². The largest absolute Gasteiger partial charge is 0.722 e. The second-order valence-electron chi connectivity index (χ2n) is 2.31. The summed E-state index contributed by atoms with van der Waals surface area (Å²) in [7, 11) is 0. The molecule has 1 atom stereocenters. The first kappa shape index (κ1) is 8.01. The lowest BCUT2D eigenvalue weighted by Gasteiger charge is -2.22. The summed E-state index contributed by atoms with van der Waals surface area (Å²) in [5, 5.41) is 8.73. The van der Waals surface area contributed by atoms with Gasteiger partial charge in [-0.05, 0) is 0 Å². The van der Waals surface area contributed by atoms with Crippen LogP contribution in [0.5, 0.6) is 0 Å². The van der Waals surface area contributed by atoms with Crippen LogP contribution in [0, 0.1) is 0 Å². The average molecular weight is 189 g/mol. The van der Waals surface area contributed by atoms with Gasteiger partial charge in [0, 0.05) is 0 Å². The quantitative estimate of drug-likeness (QED) is 0.326. The number of hydrogen-bond acceptors (Lipinski definition) is 8. The van der Waals surface area contributed by atoms with Crippen LogP contribution in [0.3, 0.4) is 0 Å². The molecule has 1 spiro atoms. The summed E-state index contributed by atoms with van der Waals surface area (Å²) in [6.45, 7) is -3.20. The van der Waals surface area contributed by atoms with Gasteiger partial charge in [0.05, 0.1) is 0 Å². The Kier molecular flexibility index (Phi) is 1.36. The van der Waals surface area contributed by atoms with E-state index in [1.807, 2.05) is 0 Å². The van der Waals surface area contributed by atoms with Crippen LogP contribution in [0.25, 0.3) is 0 Å². The van der Waals surface area contributed by atoms with Crippen molar-refractivity contribution < 1.29 is 38.1 Å². The molecule has 0 radical (unpaired) electrons. The summed E-state index contributed by atoms with van der Waals surface area (Å²) in [5.74, 6) is -3.84. The van der Waals surface area contributed by atoms with E-state index in [1.165, 1.54) is 0 Å². The highest BCUT2D eigenvalue weighted by Gasteiger charge is 2.58. The lowest BCUT2D eigenvalue weighted by atomic mass is 10.1. The average Bonchev–Trinajstić information content (AvgIpc) is 2.39. The molecule has 0 saturated carbocycles. The maximum absolute atomic E-state index is 10.6. The van der Waals surface area contributed by atoms with Gasteiger partial charge in [-0.2, -0.15) is 0 Å². The Hall–Kier alpha value is -1.61. The van der Waals surface area contributed by atoms with Crippen molar-refractivity contribution in [2.24, 2.45) is 0 Å². The van der Waals surface area contributed by atoms with Crippen LogP contribution in [-0.4, -0.2) is 36.3 Å². The molecule has 2 fully saturated rings. The highest BCUT2D eigenvalue weighted by Crippen LogP contribution is 2.26. The maximum Gasteiger partial charge on any atom is 0.722 e. The van der Waals surface area contributed by atoms with Gasteiger partial charge in [-0.1, -0.05) is 0 Å². The van der Waals surface area contributed by atoms with Gasteiger partial charge in [0.2, 0.25) is 6.29 Å². The van der Waals surface area contributed by atoms with E-state index in [2.05, 4.69) is 18.6 Å². The normalized spacial score (nSPS) is 30.2. The van der Waals surface area contributed by atoms with Crippen LogP contribution in [0.2, 0.25) is 0 Å². The van der Waals surface area contributed by atoms with E-state index in [1.54, 1.807) is 0 Å². The number of rotatable bonds is 0. The topological polar surface area (TPSA) is 108 Å². The molecular formula is C4H2BO8-. The van der Waals surface area contributed by atoms with Crippen LogP contribution in [-0.2, 0) is 33.0 Å². The van der Waals surface area contributed by atoms with E-state index in [4.69, 9.17) is 5.11 Å². The third kappa shape index (κ3) is 1.05. The lowest BCUT2D eigenvalue weighted by Crippen LogP contribution is -2.40. The minimum absolute atomic E-state index is 1.18. The summed E-state index contributed by atoms with van der Waals surface area (Å²) in [6.07, 6.45) is -1.90. The van der Waals surface area contributed by atoms with Gasteiger partial charge < -0.3 is 23.7 Å². The SMILES string of the molecule is O=C1O[B-]2(OC1=O)OC(=O)C(O)O2. The van der Waals surface area contributed by atoms with Crippen molar-refractivity contribution in [2.45, 2.75) is 6.29 Å². The predicted octanol–water partition coefficient (Wildman–Crippen LogP) is -2.59. The summed E-state index contributed by atoms with van der Waals surface area (Å²) < 4.78 is 16.9. The molecule has 2 aliphatic heterocycles. The summed E-state index contributed by atoms with van der Waals surface area (Å²) in [6, 6.07) is 0. The molecule has 8 nitrogen and oxygen atoms in total. The predicted molar refractivity (Wildman–Crippen MR) is 31.1 cm³/mol. The molecule has 0 aromatic rings. The number of aliphatic hydroxyl groups excluding tert-OH is 1. The maximum atomic E-state index is 10.6. The van der Waals surface area contributed by atoms with Gasteiger partial charge in [-0.15, -0.1) is 0 Å². The molecular weight excluding hydrogens is 187 g/mol. The second kappa shape index (κ2) is 2.21. The van der Waals surface area contributed by atoms with E-state index < -0.39 is 31.2 Å². The van der Waals surface area contributed by atoms with Crippen molar-refractivity contribution in [1.82, 2.24) is 0 Å². The van der Waals surface area contributed by atoms with Gasteiger partial charge in [0.25, 0.3) is 0 Å². The van der Waals surface area contributed by atoms with Crippen molar-refractivity contribution >= 4 is 24.9 Å². The van der Waals surface area contributed by atoms with Gasteiger partial charge in [-0.3, -0.25) is 4.79 Å². The third-order valence-corrected chi connectivity index (χ3v) is 1.43. The molecule has 0 aromatic carbocycles. The molecule has 2 aliphatic rings. The highest BCUT2D eigenvalue weighted by molar-refractivity contribution is 6.68. The zero-order chi connectivity index (χ0) is 9.64. The minimum Gasteiger partial charge on any atom is -0.593 e. The molecule has 9 heteroatoms. The summed E-state index contributed by atoms with van der Waals surface area (Å²) in [5.41, 5.74) is 0. The monoisotopic (exact) mass is 189 g/mol. The van der Waals surface area contributed by atoms with Gasteiger partial charge >= 0.3 is 24.9 Å². The Balaban J connectivity index is 2.22. The van der Waals surface area contributed by atoms with Crippen molar-refractivity contribution in [3.63, 3.8) is 0 Å². The molecule has 1 unspecified atom stereocenters. The van der Waals surface area contributed by atoms with Crippen molar-refractivity contribution in [3.05, 3.63) is 0 Å². The zero-order valence-corrected chi connectivity index (χ0v) is 5.96. The van der Waals surface area contributed by atoms with E-state index in [0.29, 0.717) is 0 Å². The lowest BCUT2D eigenvalue weighted by molar-refractivity contribution is -0.150. The van der Waals surface area contributed by atoms with E-state index in [-0.39, 0.29) is 0 Å². The van der Waals surface area contributed by atoms with Crippen LogP contribution >= 0.6 is 0 Å². The first-order valence-electron chi connectivity index (χ1n) is 3.20. The Labute approximate surface area is 70.4 Å². The molecule has 0 aromatic heterocycles. The van der Waals surface area contributed by atoms with Gasteiger partial charge in [0.15, 0.2) is 0 Å². The number of aliphatic hydroxyl groups is 1. The molecule has 0 amide bonds. The van der Waals surface area contributed by atoms with E-state index in [0.717, 1.165) is 0 Å². The molecule has 70 valence electrons. The first-order valence-corrected chi connectivity index (χ1v) is 3.20. The fourth-order valence-corrected chi connectivity index (χ4v) is 0.928. The molecule has 13 heavy (non-hydrogen) atoms. The first-order chi connectivity index (χ1) is 6.02. The third-order valence-electron chi connectivity index (χ3n) is 1.43. The van der Waals surface area contributed by atoms with Crippen LogP contribution in [0.15, 0.2) is 0 Å². The smallest absolute Gasteiger partial charge is 0.593 e. The van der Waals surface area contributed by atoms with E-state index in [9.17, 15) is 14.4 Å². The van der Waals surface area contributed by atoms with Gasteiger partial charge in [-0.25, -0.2) is 9.59 Å². The molecule has 2 heterocycles. The molecule has 2 saturated heterocycles. The number of carbonyl (C=O) groups excluding carboxylic acids is 3. The fraction of sp³-hybridized carbons (Fsp3) is 0.250. The molecule has 1 N–H and O–H groups in total. The summed E-state index contributed by atoms with van der Waals surface area (Å²) >= 11 is 0. The van der Waals surface area contributed by atoms with Crippen LogP contribution in [0.1, 0.15) is 0 Å². The molecule has 0 bridgehead atoms. The van der Waals surface area contributed by atoms with Crippen molar-refractivity contribution in [3.8, 4) is 0 Å². The fourth-order valence-electron chi connectivity index (χ4n) is 0.928. The summed E-state index contributed by atoms with van der Waals surface area (Å²) in [4.78, 5) is 31.6. The minimum atomic E-state index is -3.20. The Bertz CT molecular complexity index is 293. The molecule has 2 rings (SSSR count). The Morgan fingerprint density at radius 3 is 2.00 bits per heavy atom. The van der Waals surface area contributed by atoms with Crippen LogP contribution in [0.4, 0.5) is 0 Å². The Morgan fingerprint density at radius 1 is 1.08 bits per heavy atom. The van der Waals surface area contributed by atoms with Crippen molar-refractivity contribution in [2.75, 3.05) is 0 Å². The van der Waals surface area contributed by atoms with Gasteiger partial charge in [0.1, 0.15) is 0 Å². The Morgan fingerprint density at radius 2 is 1.62 bits per heavy atom. The standard InChI is InChI=1S/C4H2BO8/c6-1-2(7)11-5(10-1)12-3(8)4(9)13-5/h1,6H/q-1. The highest BCUT2D eigenvalue weighted by atomic mass is 17.0.